The third-order valence-electron chi connectivity index (χ3n) is 5.69. The van der Waals surface area contributed by atoms with Crippen molar-refractivity contribution < 1.29 is 23.9 Å². The number of carbonyl (C=O) groups excluding carboxylic acids is 4. The molecule has 3 amide bonds. The summed E-state index contributed by atoms with van der Waals surface area (Å²) in [7, 11) is 0. The van der Waals surface area contributed by atoms with Crippen LogP contribution in [-0.4, -0.2) is 41.7 Å². The summed E-state index contributed by atoms with van der Waals surface area (Å²) in [5, 5.41) is 2.76. The minimum Gasteiger partial charge on any atom is -0.456 e. The van der Waals surface area contributed by atoms with E-state index in [4.69, 9.17) is 4.74 Å². The summed E-state index contributed by atoms with van der Waals surface area (Å²) in [6, 6.07) is 7.48. The Morgan fingerprint density at radius 1 is 1.10 bits per heavy atom. The third kappa shape index (κ3) is 4.83. The van der Waals surface area contributed by atoms with Crippen LogP contribution in [0.5, 0.6) is 0 Å². The zero-order chi connectivity index (χ0) is 21.0. The lowest BCUT2D eigenvalue weighted by molar-refractivity contribution is -0.148. The summed E-state index contributed by atoms with van der Waals surface area (Å²) < 4.78 is 5.03. The second-order valence-corrected chi connectivity index (χ2v) is 8.03. The van der Waals surface area contributed by atoms with Gasteiger partial charge in [-0.05, 0) is 30.4 Å². The molecule has 0 aromatic heterocycles. The second kappa shape index (κ2) is 9.20. The summed E-state index contributed by atoms with van der Waals surface area (Å²) >= 11 is 0. The number of fused-ring (bicyclic) bond motifs is 1. The summed E-state index contributed by atoms with van der Waals surface area (Å²) in [6.07, 6.45) is 3.31. The Kier molecular flexibility index (Phi) is 6.67. The normalized spacial score (nSPS) is 21.3. The van der Waals surface area contributed by atoms with Crippen LogP contribution in [0.3, 0.4) is 0 Å². The number of nitrogens with zero attached hydrogens (tertiary/aromatic N) is 1. The van der Waals surface area contributed by atoms with E-state index < -0.39 is 18.5 Å². The summed E-state index contributed by atoms with van der Waals surface area (Å²) in [5.41, 5.74) is 1.69. The number of ether oxygens (including phenoxy) is 1. The molecule has 2 fully saturated rings. The maximum Gasteiger partial charge on any atom is 0.308 e. The molecule has 1 aromatic carbocycles. The quantitative estimate of drug-likeness (QED) is 0.561. The Hall–Kier alpha value is -2.70. The number of hydrogen-bond acceptors (Lipinski definition) is 5. The van der Waals surface area contributed by atoms with E-state index >= 15 is 0 Å². The van der Waals surface area contributed by atoms with Crippen LogP contribution in [0.15, 0.2) is 24.3 Å². The van der Waals surface area contributed by atoms with E-state index in [1.165, 1.54) is 4.90 Å². The van der Waals surface area contributed by atoms with Crippen molar-refractivity contribution in [2.24, 2.45) is 11.8 Å². The standard InChI is InChI=1S/C22H28N2O5/c1-14(2)15-7-5-6-10-18(15)23-19(25)13-29-20(26)11-12-24-21(27)16-8-3-4-9-17(16)22(24)28/h5-7,10,14,16-17H,3-4,8-9,11-13H2,1-2H3,(H,23,25)/t16-,17+. The topological polar surface area (TPSA) is 92.8 Å². The number of nitrogens with one attached hydrogen (secondary N) is 1. The molecular formula is C22H28N2O5. The number of hydrogen-bond donors (Lipinski definition) is 1. The molecule has 2 atom stereocenters. The molecule has 0 spiro atoms. The molecule has 0 bridgehead atoms. The molecule has 1 aliphatic heterocycles. The van der Waals surface area contributed by atoms with Crippen LogP contribution in [-0.2, 0) is 23.9 Å². The maximum atomic E-state index is 12.4. The number of benzene rings is 1. The molecule has 1 saturated carbocycles. The van der Waals surface area contributed by atoms with Crippen LogP contribution in [0.2, 0.25) is 0 Å². The molecule has 156 valence electrons. The lowest BCUT2D eigenvalue weighted by Crippen LogP contribution is -2.33. The number of anilines is 1. The van der Waals surface area contributed by atoms with Gasteiger partial charge < -0.3 is 10.1 Å². The molecule has 2 aliphatic rings. The third-order valence-corrected chi connectivity index (χ3v) is 5.69. The Morgan fingerprint density at radius 3 is 2.34 bits per heavy atom. The van der Waals surface area contributed by atoms with Gasteiger partial charge in [-0.2, -0.15) is 0 Å². The maximum absolute atomic E-state index is 12.4. The molecule has 29 heavy (non-hydrogen) atoms. The van der Waals surface area contributed by atoms with Gasteiger partial charge in [0.05, 0.1) is 18.3 Å². The van der Waals surface area contributed by atoms with E-state index in [1.54, 1.807) is 6.07 Å². The molecule has 1 heterocycles. The largest absolute Gasteiger partial charge is 0.456 e. The Balaban J connectivity index is 1.45. The van der Waals surface area contributed by atoms with Gasteiger partial charge in [-0.15, -0.1) is 0 Å². The van der Waals surface area contributed by atoms with Gasteiger partial charge in [-0.1, -0.05) is 44.9 Å². The van der Waals surface area contributed by atoms with Gasteiger partial charge in [0.2, 0.25) is 11.8 Å². The highest BCUT2D eigenvalue weighted by atomic mass is 16.5. The van der Waals surface area contributed by atoms with Crippen molar-refractivity contribution in [3.63, 3.8) is 0 Å². The summed E-state index contributed by atoms with van der Waals surface area (Å²) in [6.45, 7) is 3.67. The average molecular weight is 400 g/mol. The van der Waals surface area contributed by atoms with Crippen LogP contribution in [0.1, 0.15) is 57.4 Å². The minimum atomic E-state index is -0.604. The molecular weight excluding hydrogens is 372 g/mol. The molecule has 0 unspecified atom stereocenters. The van der Waals surface area contributed by atoms with Crippen molar-refractivity contribution in [3.05, 3.63) is 29.8 Å². The molecule has 3 rings (SSSR count). The smallest absolute Gasteiger partial charge is 0.308 e. The predicted octanol–water partition coefficient (Wildman–Crippen LogP) is 2.86. The van der Waals surface area contributed by atoms with Crippen LogP contribution in [0, 0.1) is 11.8 Å². The van der Waals surface area contributed by atoms with Gasteiger partial charge >= 0.3 is 5.97 Å². The number of para-hydroxylation sites is 1. The SMILES string of the molecule is CC(C)c1ccccc1NC(=O)COC(=O)CCN1C(=O)[C@H]2CCCC[C@H]2C1=O. The monoisotopic (exact) mass is 400 g/mol. The molecule has 1 saturated heterocycles. The van der Waals surface area contributed by atoms with Gasteiger partial charge in [0.15, 0.2) is 6.61 Å². The van der Waals surface area contributed by atoms with Crippen molar-refractivity contribution >= 4 is 29.4 Å². The Bertz CT molecular complexity index is 780. The molecule has 7 heteroatoms. The van der Waals surface area contributed by atoms with E-state index in [1.807, 2.05) is 32.0 Å². The highest BCUT2D eigenvalue weighted by Crippen LogP contribution is 2.38. The molecule has 0 radical (unpaired) electrons. The zero-order valence-corrected chi connectivity index (χ0v) is 17.0. The fourth-order valence-corrected chi connectivity index (χ4v) is 4.17. The van der Waals surface area contributed by atoms with Gasteiger partial charge in [-0.3, -0.25) is 24.1 Å². The summed E-state index contributed by atoms with van der Waals surface area (Å²) in [5.74, 6) is -1.57. The van der Waals surface area contributed by atoms with Gasteiger partial charge in [0.1, 0.15) is 0 Å². The molecule has 1 aromatic rings. The fraction of sp³-hybridized carbons (Fsp3) is 0.545. The van der Waals surface area contributed by atoms with Crippen molar-refractivity contribution in [3.8, 4) is 0 Å². The summed E-state index contributed by atoms with van der Waals surface area (Å²) in [4.78, 5) is 50.1. The van der Waals surface area contributed by atoms with Gasteiger partial charge in [0.25, 0.3) is 5.91 Å². The molecule has 1 aliphatic carbocycles. The first-order valence-corrected chi connectivity index (χ1v) is 10.3. The number of imide groups is 1. The van der Waals surface area contributed by atoms with Crippen molar-refractivity contribution in [1.82, 2.24) is 4.90 Å². The highest BCUT2D eigenvalue weighted by molar-refractivity contribution is 6.05. The van der Waals surface area contributed by atoms with E-state index in [-0.39, 0.29) is 42.5 Å². The minimum absolute atomic E-state index is 0.0152. The average Bonchev–Trinajstić information content (AvgIpc) is 2.95. The zero-order valence-electron chi connectivity index (χ0n) is 17.0. The molecule has 7 nitrogen and oxygen atoms in total. The van der Waals surface area contributed by atoms with Crippen molar-refractivity contribution in [1.29, 1.82) is 0 Å². The van der Waals surface area contributed by atoms with Crippen molar-refractivity contribution in [2.75, 3.05) is 18.5 Å². The van der Waals surface area contributed by atoms with Crippen LogP contribution >= 0.6 is 0 Å². The number of amides is 3. The van der Waals surface area contributed by atoms with Crippen LogP contribution in [0.4, 0.5) is 5.69 Å². The number of likely N-dealkylation sites (tertiary alicyclic amines) is 1. The van der Waals surface area contributed by atoms with E-state index in [0.29, 0.717) is 5.69 Å². The molecule has 1 N–H and O–H groups in total. The van der Waals surface area contributed by atoms with E-state index in [2.05, 4.69) is 5.32 Å². The lowest BCUT2D eigenvalue weighted by atomic mass is 9.81. The number of rotatable bonds is 7. The van der Waals surface area contributed by atoms with Crippen molar-refractivity contribution in [2.45, 2.75) is 51.9 Å². The van der Waals surface area contributed by atoms with Crippen LogP contribution in [0.25, 0.3) is 0 Å². The Labute approximate surface area is 170 Å². The fourth-order valence-electron chi connectivity index (χ4n) is 4.17. The number of esters is 1. The van der Waals surface area contributed by atoms with E-state index in [9.17, 15) is 19.2 Å². The first kappa shape index (κ1) is 21.0. The highest BCUT2D eigenvalue weighted by Gasteiger charge is 2.47. The first-order chi connectivity index (χ1) is 13.9. The second-order valence-electron chi connectivity index (χ2n) is 8.03. The lowest BCUT2D eigenvalue weighted by Gasteiger charge is -2.19. The van der Waals surface area contributed by atoms with E-state index in [0.717, 1.165) is 31.2 Å². The Morgan fingerprint density at radius 2 is 1.72 bits per heavy atom. The number of carbonyl (C=O) groups is 4. The van der Waals surface area contributed by atoms with Gasteiger partial charge in [0, 0.05) is 12.2 Å². The predicted molar refractivity (Wildman–Crippen MR) is 107 cm³/mol. The van der Waals surface area contributed by atoms with Crippen LogP contribution < -0.4 is 5.32 Å². The van der Waals surface area contributed by atoms with Gasteiger partial charge in [-0.25, -0.2) is 0 Å². The first-order valence-electron chi connectivity index (χ1n) is 10.3.